The van der Waals surface area contributed by atoms with Crippen LogP contribution in [-0.2, 0) is 11.3 Å². The van der Waals surface area contributed by atoms with Crippen LogP contribution < -0.4 is 5.32 Å². The van der Waals surface area contributed by atoms with Gasteiger partial charge in [0, 0.05) is 25.5 Å². The van der Waals surface area contributed by atoms with Gasteiger partial charge in [0.05, 0.1) is 24.7 Å². The Kier molecular flexibility index (Phi) is 4.12. The van der Waals surface area contributed by atoms with Crippen molar-refractivity contribution >= 4 is 11.8 Å². The van der Waals surface area contributed by atoms with E-state index >= 15 is 0 Å². The summed E-state index contributed by atoms with van der Waals surface area (Å²) in [6.07, 6.45) is 5.41. The van der Waals surface area contributed by atoms with Gasteiger partial charge in [-0.2, -0.15) is 0 Å². The molecule has 0 aliphatic rings. The minimum atomic E-state index is -0.366. The van der Waals surface area contributed by atoms with Gasteiger partial charge < -0.3 is 14.6 Å². The molecule has 2 rings (SSSR count). The van der Waals surface area contributed by atoms with Crippen molar-refractivity contribution in [1.82, 2.24) is 14.5 Å². The molecule has 0 atom stereocenters. The number of nitrogens with one attached hydrogen (secondary N) is 1. The average Bonchev–Trinajstić information content (AvgIpc) is 2.91. The number of rotatable bonds is 5. The lowest BCUT2D eigenvalue weighted by Crippen LogP contribution is -2.12. The third kappa shape index (κ3) is 3.31. The van der Waals surface area contributed by atoms with Crippen molar-refractivity contribution in [2.75, 3.05) is 19.0 Å². The molecule has 0 bridgehead atoms. The van der Waals surface area contributed by atoms with Crippen LogP contribution >= 0.6 is 0 Å². The van der Waals surface area contributed by atoms with Gasteiger partial charge in [-0.15, -0.1) is 0 Å². The number of pyridine rings is 1. The Hall–Kier alpha value is -2.37. The highest BCUT2D eigenvalue weighted by Crippen LogP contribution is 2.11. The molecule has 2 aromatic heterocycles. The zero-order valence-electron chi connectivity index (χ0n) is 11.0. The first-order chi connectivity index (χ1) is 9.20. The molecule has 0 aliphatic carbocycles. The minimum Gasteiger partial charge on any atom is -0.465 e. The Morgan fingerprint density at radius 2 is 2.32 bits per heavy atom. The topological polar surface area (TPSA) is 69.0 Å². The van der Waals surface area contributed by atoms with Crippen LogP contribution in [0.5, 0.6) is 0 Å². The maximum absolute atomic E-state index is 11.4. The summed E-state index contributed by atoms with van der Waals surface area (Å²) in [4.78, 5) is 19.7. The number of hydrogen-bond acceptors (Lipinski definition) is 5. The second-order valence-electron chi connectivity index (χ2n) is 4.05. The molecule has 0 saturated carbocycles. The van der Waals surface area contributed by atoms with Gasteiger partial charge in [-0.25, -0.2) is 14.8 Å². The van der Waals surface area contributed by atoms with Crippen molar-refractivity contribution < 1.29 is 9.53 Å². The summed E-state index contributed by atoms with van der Waals surface area (Å²) in [5, 5.41) is 3.20. The molecule has 0 amide bonds. The number of hydrogen-bond donors (Lipinski definition) is 1. The zero-order valence-corrected chi connectivity index (χ0v) is 11.0. The Balaban J connectivity index is 1.94. The van der Waals surface area contributed by atoms with E-state index in [1.54, 1.807) is 31.6 Å². The van der Waals surface area contributed by atoms with Crippen molar-refractivity contribution in [1.29, 1.82) is 0 Å². The smallest absolute Gasteiger partial charge is 0.339 e. The molecule has 0 saturated heterocycles. The van der Waals surface area contributed by atoms with E-state index in [-0.39, 0.29) is 5.97 Å². The van der Waals surface area contributed by atoms with Gasteiger partial charge in [0.1, 0.15) is 5.82 Å². The maximum atomic E-state index is 11.4. The summed E-state index contributed by atoms with van der Waals surface area (Å²) in [7, 11) is 1.36. The second-order valence-corrected chi connectivity index (χ2v) is 4.05. The number of methoxy groups -OCH3 is 1. The van der Waals surface area contributed by atoms with Gasteiger partial charge in [-0.3, -0.25) is 0 Å². The van der Waals surface area contributed by atoms with Crippen LogP contribution in [0.1, 0.15) is 16.1 Å². The number of carbonyl (C=O) groups excluding carboxylic acids is 1. The zero-order chi connectivity index (χ0) is 13.7. The second kappa shape index (κ2) is 5.99. The molecule has 2 heterocycles. The standard InChI is InChI=1S/C13H16N4O2/c1-10-11(13(18)19-2)3-4-12(16-10)15-6-8-17-7-5-14-9-17/h3-5,7,9H,6,8H2,1-2H3,(H,15,16). The van der Waals surface area contributed by atoms with Crippen LogP contribution in [0.2, 0.25) is 0 Å². The Morgan fingerprint density at radius 3 is 2.95 bits per heavy atom. The Morgan fingerprint density at radius 1 is 1.47 bits per heavy atom. The summed E-state index contributed by atoms with van der Waals surface area (Å²) < 4.78 is 6.65. The SMILES string of the molecule is COC(=O)c1ccc(NCCn2ccnc2)nc1C. The number of aromatic nitrogens is 3. The minimum absolute atomic E-state index is 0.366. The number of aryl methyl sites for hydroxylation is 1. The van der Waals surface area contributed by atoms with Crippen molar-refractivity contribution in [2.45, 2.75) is 13.5 Å². The van der Waals surface area contributed by atoms with Gasteiger partial charge in [0.25, 0.3) is 0 Å². The molecule has 6 heteroatoms. The molecule has 6 nitrogen and oxygen atoms in total. The quantitative estimate of drug-likeness (QED) is 0.825. The molecule has 0 fully saturated rings. The lowest BCUT2D eigenvalue weighted by Gasteiger charge is -2.08. The molecule has 1 N–H and O–H groups in total. The molecule has 0 spiro atoms. The van der Waals surface area contributed by atoms with Crippen LogP contribution in [0.4, 0.5) is 5.82 Å². The first kappa shape index (κ1) is 13.1. The number of esters is 1. The predicted molar refractivity (Wildman–Crippen MR) is 71.0 cm³/mol. The lowest BCUT2D eigenvalue weighted by atomic mass is 10.2. The Labute approximate surface area is 111 Å². The van der Waals surface area contributed by atoms with Crippen LogP contribution in [0.15, 0.2) is 30.9 Å². The number of imidazole rings is 1. The van der Waals surface area contributed by atoms with E-state index in [1.807, 2.05) is 10.8 Å². The first-order valence-corrected chi connectivity index (χ1v) is 5.96. The fourth-order valence-corrected chi connectivity index (χ4v) is 1.72. The summed E-state index contributed by atoms with van der Waals surface area (Å²) in [6.45, 7) is 3.33. The van der Waals surface area contributed by atoms with Gasteiger partial charge in [0.15, 0.2) is 0 Å². The van der Waals surface area contributed by atoms with Crippen molar-refractivity contribution in [3.8, 4) is 0 Å². The van der Waals surface area contributed by atoms with E-state index in [2.05, 4.69) is 20.0 Å². The number of nitrogens with zero attached hydrogens (tertiary/aromatic N) is 3. The molecule has 0 radical (unpaired) electrons. The highest BCUT2D eigenvalue weighted by Gasteiger charge is 2.10. The first-order valence-electron chi connectivity index (χ1n) is 5.96. The van der Waals surface area contributed by atoms with Gasteiger partial charge in [0.2, 0.25) is 0 Å². The maximum Gasteiger partial charge on any atom is 0.339 e. The monoisotopic (exact) mass is 260 g/mol. The predicted octanol–water partition coefficient (Wildman–Crippen LogP) is 1.49. The van der Waals surface area contributed by atoms with E-state index < -0.39 is 0 Å². The molecule has 0 aromatic carbocycles. The molecule has 100 valence electrons. The summed E-state index contributed by atoms with van der Waals surface area (Å²) in [5.74, 6) is 0.375. The highest BCUT2D eigenvalue weighted by molar-refractivity contribution is 5.90. The normalized spacial score (nSPS) is 10.2. The van der Waals surface area contributed by atoms with Crippen LogP contribution in [0, 0.1) is 6.92 Å². The molecule has 0 aliphatic heterocycles. The number of carbonyl (C=O) groups is 1. The van der Waals surface area contributed by atoms with Crippen LogP contribution in [-0.4, -0.2) is 34.2 Å². The number of anilines is 1. The molecule has 19 heavy (non-hydrogen) atoms. The van der Waals surface area contributed by atoms with Gasteiger partial charge >= 0.3 is 5.97 Å². The van der Waals surface area contributed by atoms with E-state index in [9.17, 15) is 4.79 Å². The van der Waals surface area contributed by atoms with E-state index in [4.69, 9.17) is 0 Å². The van der Waals surface area contributed by atoms with Crippen LogP contribution in [0.25, 0.3) is 0 Å². The van der Waals surface area contributed by atoms with Gasteiger partial charge in [-0.1, -0.05) is 0 Å². The fourth-order valence-electron chi connectivity index (χ4n) is 1.72. The van der Waals surface area contributed by atoms with E-state index in [1.165, 1.54) is 7.11 Å². The third-order valence-corrected chi connectivity index (χ3v) is 2.73. The summed E-state index contributed by atoms with van der Waals surface area (Å²) in [6, 6.07) is 3.49. The molecular weight excluding hydrogens is 244 g/mol. The summed E-state index contributed by atoms with van der Waals surface area (Å²) in [5.41, 5.74) is 1.14. The number of ether oxygens (including phenoxy) is 1. The van der Waals surface area contributed by atoms with Crippen molar-refractivity contribution in [3.05, 3.63) is 42.1 Å². The fraction of sp³-hybridized carbons (Fsp3) is 0.308. The van der Waals surface area contributed by atoms with Crippen LogP contribution in [0.3, 0.4) is 0 Å². The Bertz CT molecular complexity index is 552. The van der Waals surface area contributed by atoms with Gasteiger partial charge in [-0.05, 0) is 19.1 Å². The van der Waals surface area contributed by atoms with E-state index in [0.717, 1.165) is 18.9 Å². The van der Waals surface area contributed by atoms with E-state index in [0.29, 0.717) is 11.3 Å². The van der Waals surface area contributed by atoms with Crippen molar-refractivity contribution in [3.63, 3.8) is 0 Å². The molecule has 2 aromatic rings. The van der Waals surface area contributed by atoms with Crippen molar-refractivity contribution in [2.24, 2.45) is 0 Å². The molecular formula is C13H16N4O2. The highest BCUT2D eigenvalue weighted by atomic mass is 16.5. The average molecular weight is 260 g/mol. The lowest BCUT2D eigenvalue weighted by molar-refractivity contribution is 0.0599. The molecule has 0 unspecified atom stereocenters. The summed E-state index contributed by atoms with van der Waals surface area (Å²) >= 11 is 0. The largest absolute Gasteiger partial charge is 0.465 e. The third-order valence-electron chi connectivity index (χ3n) is 2.73.